The first kappa shape index (κ1) is 16.7. The molecule has 2 aromatic rings. The fourth-order valence-corrected chi connectivity index (χ4v) is 2.13. The SMILES string of the molecule is Cc1cccc(NC(=O)C(=O)N/N=C/c2cc(Br)ccc2O)c1. The van der Waals surface area contributed by atoms with Gasteiger partial charge >= 0.3 is 11.8 Å². The lowest BCUT2D eigenvalue weighted by atomic mass is 10.2. The number of carbonyl (C=O) groups excluding carboxylic acids is 2. The fourth-order valence-electron chi connectivity index (χ4n) is 1.75. The topological polar surface area (TPSA) is 90.8 Å². The number of phenolic OH excluding ortho intramolecular Hbond substituents is 1. The highest BCUT2D eigenvalue weighted by molar-refractivity contribution is 9.10. The van der Waals surface area contributed by atoms with E-state index in [1.165, 1.54) is 12.3 Å². The number of phenols is 1. The molecule has 3 N–H and O–H groups in total. The maximum Gasteiger partial charge on any atom is 0.329 e. The summed E-state index contributed by atoms with van der Waals surface area (Å²) in [4.78, 5) is 23.4. The number of nitrogens with zero attached hydrogens (tertiary/aromatic N) is 1. The van der Waals surface area contributed by atoms with E-state index in [9.17, 15) is 14.7 Å². The van der Waals surface area contributed by atoms with Crippen molar-refractivity contribution in [1.82, 2.24) is 5.43 Å². The molecule has 0 atom stereocenters. The zero-order chi connectivity index (χ0) is 16.8. The summed E-state index contributed by atoms with van der Waals surface area (Å²) in [6.45, 7) is 1.88. The van der Waals surface area contributed by atoms with Gasteiger partial charge in [0, 0.05) is 15.7 Å². The molecule has 0 spiro atoms. The Bertz CT molecular complexity index is 775. The monoisotopic (exact) mass is 375 g/mol. The van der Waals surface area contributed by atoms with Crippen LogP contribution in [-0.2, 0) is 9.59 Å². The van der Waals surface area contributed by atoms with Crippen molar-refractivity contribution < 1.29 is 14.7 Å². The van der Waals surface area contributed by atoms with Crippen LogP contribution in [0, 0.1) is 6.92 Å². The van der Waals surface area contributed by atoms with Crippen LogP contribution in [0.15, 0.2) is 52.0 Å². The lowest BCUT2D eigenvalue weighted by Gasteiger charge is -2.04. The van der Waals surface area contributed by atoms with Crippen LogP contribution in [0.4, 0.5) is 5.69 Å². The highest BCUT2D eigenvalue weighted by Crippen LogP contribution is 2.19. The first-order valence-electron chi connectivity index (χ1n) is 6.65. The number of aromatic hydroxyl groups is 1. The molecule has 0 bridgehead atoms. The second-order valence-corrected chi connectivity index (χ2v) is 5.64. The molecule has 2 amide bonds. The van der Waals surface area contributed by atoms with Gasteiger partial charge in [-0.15, -0.1) is 0 Å². The summed E-state index contributed by atoms with van der Waals surface area (Å²) in [5, 5.41) is 15.8. The van der Waals surface area contributed by atoms with E-state index in [2.05, 4.69) is 31.8 Å². The van der Waals surface area contributed by atoms with Gasteiger partial charge in [-0.05, 0) is 42.8 Å². The highest BCUT2D eigenvalue weighted by Gasteiger charge is 2.12. The minimum Gasteiger partial charge on any atom is -0.507 e. The molecule has 0 aliphatic carbocycles. The van der Waals surface area contributed by atoms with Crippen molar-refractivity contribution in [3.8, 4) is 5.75 Å². The maximum atomic E-state index is 11.7. The average Bonchev–Trinajstić information content (AvgIpc) is 2.50. The van der Waals surface area contributed by atoms with Crippen LogP contribution >= 0.6 is 15.9 Å². The third-order valence-corrected chi connectivity index (χ3v) is 3.33. The van der Waals surface area contributed by atoms with Crippen LogP contribution in [-0.4, -0.2) is 23.1 Å². The van der Waals surface area contributed by atoms with Gasteiger partial charge in [-0.1, -0.05) is 28.1 Å². The number of carbonyl (C=O) groups is 2. The molecule has 0 heterocycles. The van der Waals surface area contributed by atoms with Gasteiger partial charge in [-0.3, -0.25) is 9.59 Å². The summed E-state index contributed by atoms with van der Waals surface area (Å²) < 4.78 is 0.750. The van der Waals surface area contributed by atoms with Gasteiger partial charge in [0.05, 0.1) is 6.21 Å². The molecule has 0 fully saturated rings. The minimum absolute atomic E-state index is 0.00964. The zero-order valence-electron chi connectivity index (χ0n) is 12.2. The smallest absolute Gasteiger partial charge is 0.329 e. The van der Waals surface area contributed by atoms with Gasteiger partial charge in [0.25, 0.3) is 0 Å². The van der Waals surface area contributed by atoms with Crippen molar-refractivity contribution in [2.24, 2.45) is 5.10 Å². The molecule has 0 aliphatic rings. The predicted molar refractivity (Wildman–Crippen MR) is 91.4 cm³/mol. The van der Waals surface area contributed by atoms with Crippen LogP contribution in [0.2, 0.25) is 0 Å². The van der Waals surface area contributed by atoms with Gasteiger partial charge < -0.3 is 10.4 Å². The van der Waals surface area contributed by atoms with E-state index in [-0.39, 0.29) is 5.75 Å². The summed E-state index contributed by atoms with van der Waals surface area (Å²) in [6, 6.07) is 11.9. The predicted octanol–water partition coefficient (Wildman–Crippen LogP) is 2.55. The van der Waals surface area contributed by atoms with E-state index >= 15 is 0 Å². The summed E-state index contributed by atoms with van der Waals surface area (Å²) in [6.07, 6.45) is 1.25. The molecule has 0 aliphatic heterocycles. The van der Waals surface area contributed by atoms with Crippen LogP contribution in [0.3, 0.4) is 0 Å². The molecule has 0 saturated carbocycles. The Kier molecular flexibility index (Phi) is 5.48. The summed E-state index contributed by atoms with van der Waals surface area (Å²) in [5.41, 5.74) is 4.00. The molecule has 0 unspecified atom stereocenters. The Morgan fingerprint density at radius 2 is 1.96 bits per heavy atom. The highest BCUT2D eigenvalue weighted by atomic mass is 79.9. The van der Waals surface area contributed by atoms with Crippen molar-refractivity contribution in [2.75, 3.05) is 5.32 Å². The van der Waals surface area contributed by atoms with Gasteiger partial charge in [-0.25, -0.2) is 5.43 Å². The van der Waals surface area contributed by atoms with E-state index in [4.69, 9.17) is 0 Å². The largest absolute Gasteiger partial charge is 0.507 e. The first-order valence-corrected chi connectivity index (χ1v) is 7.44. The molecule has 7 heteroatoms. The molecule has 2 rings (SSSR count). The Labute approximate surface area is 141 Å². The zero-order valence-corrected chi connectivity index (χ0v) is 13.8. The summed E-state index contributed by atoms with van der Waals surface area (Å²) in [7, 11) is 0. The van der Waals surface area contributed by atoms with E-state index in [0.29, 0.717) is 11.3 Å². The molecule has 6 nitrogen and oxygen atoms in total. The molecule has 118 valence electrons. The second kappa shape index (κ2) is 7.55. The van der Waals surface area contributed by atoms with Gasteiger partial charge in [0.15, 0.2) is 0 Å². The molecule has 0 aromatic heterocycles. The third-order valence-electron chi connectivity index (χ3n) is 2.84. The molecule has 0 saturated heterocycles. The number of halogens is 1. The number of anilines is 1. The van der Waals surface area contributed by atoms with E-state index < -0.39 is 11.8 Å². The lowest BCUT2D eigenvalue weighted by Crippen LogP contribution is -2.32. The van der Waals surface area contributed by atoms with Crippen molar-refractivity contribution in [3.05, 3.63) is 58.1 Å². The van der Waals surface area contributed by atoms with Crippen molar-refractivity contribution in [3.63, 3.8) is 0 Å². The fraction of sp³-hybridized carbons (Fsp3) is 0.0625. The number of rotatable bonds is 3. The minimum atomic E-state index is -0.905. The van der Waals surface area contributed by atoms with Crippen molar-refractivity contribution in [2.45, 2.75) is 6.92 Å². The van der Waals surface area contributed by atoms with E-state index in [1.807, 2.05) is 13.0 Å². The van der Waals surface area contributed by atoms with Crippen LogP contribution in [0.25, 0.3) is 0 Å². The van der Waals surface area contributed by atoms with Crippen LogP contribution < -0.4 is 10.7 Å². The molecule has 2 aromatic carbocycles. The average molecular weight is 376 g/mol. The number of hydrogen-bond acceptors (Lipinski definition) is 4. The summed E-state index contributed by atoms with van der Waals surface area (Å²) in [5.74, 6) is -1.72. The van der Waals surface area contributed by atoms with E-state index in [1.54, 1.807) is 30.3 Å². The normalized spacial score (nSPS) is 10.5. The molecule has 0 radical (unpaired) electrons. The van der Waals surface area contributed by atoms with Crippen molar-refractivity contribution in [1.29, 1.82) is 0 Å². The summed E-state index contributed by atoms with van der Waals surface area (Å²) >= 11 is 3.26. The van der Waals surface area contributed by atoms with Crippen molar-refractivity contribution >= 4 is 39.6 Å². The molecule has 23 heavy (non-hydrogen) atoms. The Balaban J connectivity index is 1.95. The van der Waals surface area contributed by atoms with Crippen LogP contribution in [0.5, 0.6) is 5.75 Å². The molecular formula is C16H14BrN3O3. The van der Waals surface area contributed by atoms with E-state index in [0.717, 1.165) is 10.0 Å². The first-order chi connectivity index (χ1) is 11.0. The second-order valence-electron chi connectivity index (χ2n) is 4.73. The van der Waals surface area contributed by atoms with Crippen LogP contribution in [0.1, 0.15) is 11.1 Å². The number of amides is 2. The third kappa shape index (κ3) is 4.93. The Morgan fingerprint density at radius 3 is 2.70 bits per heavy atom. The number of nitrogens with one attached hydrogen (secondary N) is 2. The van der Waals surface area contributed by atoms with Gasteiger partial charge in [-0.2, -0.15) is 5.10 Å². The lowest BCUT2D eigenvalue weighted by molar-refractivity contribution is -0.136. The Hall–Kier alpha value is -2.67. The quantitative estimate of drug-likeness (QED) is 0.437. The van der Waals surface area contributed by atoms with Gasteiger partial charge in [0.1, 0.15) is 5.75 Å². The standard InChI is InChI=1S/C16H14BrN3O3/c1-10-3-2-4-13(7-10)19-15(22)16(23)20-18-9-11-8-12(17)5-6-14(11)21/h2-9,21H,1H3,(H,19,22)(H,20,23)/b18-9+. The number of benzene rings is 2. The van der Waals surface area contributed by atoms with Gasteiger partial charge in [0.2, 0.25) is 0 Å². The molecular weight excluding hydrogens is 362 g/mol. The number of aryl methyl sites for hydroxylation is 1. The maximum absolute atomic E-state index is 11.7. The number of hydrazone groups is 1. The Morgan fingerprint density at radius 1 is 1.17 bits per heavy atom. The number of hydrogen-bond donors (Lipinski definition) is 3.